The predicted octanol–water partition coefficient (Wildman–Crippen LogP) is 3.89. The molecule has 0 aliphatic heterocycles. The van der Waals surface area contributed by atoms with Crippen molar-refractivity contribution in [2.24, 2.45) is 7.05 Å². The van der Waals surface area contributed by atoms with Gasteiger partial charge in [0.05, 0.1) is 16.7 Å². The van der Waals surface area contributed by atoms with E-state index in [2.05, 4.69) is 34.5 Å². The minimum absolute atomic E-state index is 0.0362. The number of fused-ring (bicyclic) bond motifs is 4. The number of aromatic nitrogens is 4. The Bertz CT molecular complexity index is 1210. The van der Waals surface area contributed by atoms with E-state index in [1.54, 1.807) is 11.6 Å². The normalized spacial score (nSPS) is 16.7. The van der Waals surface area contributed by atoms with Gasteiger partial charge in [0.1, 0.15) is 5.82 Å². The monoisotopic (exact) mass is 376 g/mol. The van der Waals surface area contributed by atoms with E-state index in [-0.39, 0.29) is 5.56 Å². The summed E-state index contributed by atoms with van der Waals surface area (Å²) < 4.78 is 3.61. The van der Waals surface area contributed by atoms with Gasteiger partial charge in [-0.1, -0.05) is 36.4 Å². The van der Waals surface area contributed by atoms with Crippen molar-refractivity contribution in [3.05, 3.63) is 75.8 Å². The molecule has 0 N–H and O–H groups in total. The fourth-order valence-electron chi connectivity index (χ4n) is 4.04. The maximum absolute atomic E-state index is 12.6. The van der Waals surface area contributed by atoms with Crippen molar-refractivity contribution in [1.82, 2.24) is 19.2 Å². The second kappa shape index (κ2) is 6.53. The Morgan fingerprint density at radius 2 is 1.93 bits per heavy atom. The molecule has 0 spiro atoms. The fourth-order valence-corrected chi connectivity index (χ4v) is 5.32. The molecule has 2 heterocycles. The molecule has 27 heavy (non-hydrogen) atoms. The first-order valence-electron chi connectivity index (χ1n) is 9.25. The lowest BCUT2D eigenvalue weighted by atomic mass is 9.91. The molecule has 2 aromatic heterocycles. The van der Waals surface area contributed by atoms with Gasteiger partial charge in [-0.25, -0.2) is 0 Å². The van der Waals surface area contributed by atoms with Crippen LogP contribution in [-0.2, 0) is 19.2 Å². The van der Waals surface area contributed by atoms with Crippen LogP contribution in [0.25, 0.3) is 16.7 Å². The molecule has 6 heteroatoms. The van der Waals surface area contributed by atoms with Crippen LogP contribution in [-0.4, -0.2) is 19.2 Å². The van der Waals surface area contributed by atoms with Crippen molar-refractivity contribution >= 4 is 28.4 Å². The van der Waals surface area contributed by atoms with Crippen LogP contribution in [0.5, 0.6) is 0 Å². The van der Waals surface area contributed by atoms with Gasteiger partial charge in [-0.15, -0.1) is 22.0 Å². The lowest BCUT2D eigenvalue weighted by Gasteiger charge is -2.24. The van der Waals surface area contributed by atoms with Crippen LogP contribution < -0.4 is 5.56 Å². The Kier molecular flexibility index (Phi) is 4.01. The van der Waals surface area contributed by atoms with Gasteiger partial charge < -0.3 is 0 Å². The average molecular weight is 376 g/mol. The second-order valence-electron chi connectivity index (χ2n) is 7.02. The number of nitrogens with zero attached hydrogens (tertiary/aromatic N) is 4. The minimum atomic E-state index is -0.0362. The first-order chi connectivity index (χ1) is 13.2. The van der Waals surface area contributed by atoms with Gasteiger partial charge in [0, 0.05) is 12.3 Å². The van der Waals surface area contributed by atoms with E-state index in [1.165, 1.54) is 30.4 Å². The fraction of sp³-hybridized carbons (Fsp3) is 0.286. The molecule has 5 nitrogen and oxygen atoms in total. The Hall–Kier alpha value is -2.60. The molecule has 1 atom stereocenters. The molecular formula is C21H20N4OS. The topological polar surface area (TPSA) is 52.2 Å². The molecule has 0 saturated heterocycles. The Morgan fingerprint density at radius 3 is 2.85 bits per heavy atom. The third kappa shape index (κ3) is 2.67. The molecule has 136 valence electrons. The highest BCUT2D eigenvalue weighted by atomic mass is 32.2. The van der Waals surface area contributed by atoms with Crippen molar-refractivity contribution in [1.29, 1.82) is 0 Å². The number of rotatable bonds is 3. The minimum Gasteiger partial charge on any atom is -0.279 e. The van der Waals surface area contributed by atoms with E-state index in [9.17, 15) is 4.79 Å². The van der Waals surface area contributed by atoms with Crippen LogP contribution in [0.15, 0.2) is 53.3 Å². The molecule has 1 unspecified atom stereocenters. The van der Waals surface area contributed by atoms with Crippen LogP contribution in [0.2, 0.25) is 0 Å². The van der Waals surface area contributed by atoms with Crippen molar-refractivity contribution in [2.75, 3.05) is 0 Å². The van der Waals surface area contributed by atoms with Crippen molar-refractivity contribution < 1.29 is 0 Å². The first kappa shape index (κ1) is 16.6. The predicted molar refractivity (Wildman–Crippen MR) is 109 cm³/mol. The van der Waals surface area contributed by atoms with Gasteiger partial charge in [0.25, 0.3) is 5.56 Å². The van der Waals surface area contributed by atoms with Crippen LogP contribution in [0.1, 0.15) is 35.0 Å². The zero-order chi connectivity index (χ0) is 18.4. The van der Waals surface area contributed by atoms with Gasteiger partial charge in [-0.2, -0.15) is 0 Å². The Morgan fingerprint density at radius 1 is 1.11 bits per heavy atom. The van der Waals surface area contributed by atoms with Gasteiger partial charge >= 0.3 is 0 Å². The highest BCUT2D eigenvalue weighted by Crippen LogP contribution is 2.40. The summed E-state index contributed by atoms with van der Waals surface area (Å²) in [5.74, 6) is 2.26. The second-order valence-corrected chi connectivity index (χ2v) is 8.21. The molecule has 5 rings (SSSR count). The van der Waals surface area contributed by atoms with Gasteiger partial charge in [-0.3, -0.25) is 13.8 Å². The Balaban J connectivity index is 1.55. The van der Waals surface area contributed by atoms with Crippen LogP contribution >= 0.6 is 11.8 Å². The lowest BCUT2D eigenvalue weighted by Crippen LogP contribution is -2.20. The van der Waals surface area contributed by atoms with E-state index in [4.69, 9.17) is 0 Å². The molecule has 1 aliphatic rings. The van der Waals surface area contributed by atoms with Crippen molar-refractivity contribution in [2.45, 2.75) is 30.3 Å². The third-order valence-corrected chi connectivity index (χ3v) is 6.74. The number of thioether (sulfide) groups is 1. The SMILES string of the molecule is Cn1c(=O)c2ccccc2n2c(CSC3CCCc4ccccc43)nnc12. The van der Waals surface area contributed by atoms with Gasteiger partial charge in [0.2, 0.25) is 5.78 Å². The lowest BCUT2D eigenvalue weighted by molar-refractivity contribution is 0.673. The van der Waals surface area contributed by atoms with E-state index < -0.39 is 0 Å². The number of benzene rings is 2. The smallest absolute Gasteiger partial charge is 0.262 e. The summed E-state index contributed by atoms with van der Waals surface area (Å²) >= 11 is 1.92. The highest BCUT2D eigenvalue weighted by Gasteiger charge is 2.22. The van der Waals surface area contributed by atoms with Gasteiger partial charge in [-0.05, 0) is 42.5 Å². The summed E-state index contributed by atoms with van der Waals surface area (Å²) in [4.78, 5) is 12.6. The number of aryl methyl sites for hydroxylation is 2. The molecule has 0 amide bonds. The van der Waals surface area contributed by atoms with Gasteiger partial charge in [0.15, 0.2) is 0 Å². The highest BCUT2D eigenvalue weighted by molar-refractivity contribution is 7.98. The number of hydrogen-bond acceptors (Lipinski definition) is 4. The third-order valence-electron chi connectivity index (χ3n) is 5.42. The van der Waals surface area contributed by atoms with E-state index >= 15 is 0 Å². The van der Waals surface area contributed by atoms with Crippen LogP contribution in [0.3, 0.4) is 0 Å². The van der Waals surface area contributed by atoms with Crippen LogP contribution in [0, 0.1) is 0 Å². The zero-order valence-corrected chi connectivity index (χ0v) is 15.9. The van der Waals surface area contributed by atoms with Crippen molar-refractivity contribution in [3.63, 3.8) is 0 Å². The maximum atomic E-state index is 12.6. The molecule has 4 aromatic rings. The molecule has 2 aromatic carbocycles. The van der Waals surface area contributed by atoms with Crippen LogP contribution in [0.4, 0.5) is 0 Å². The average Bonchev–Trinajstić information content (AvgIpc) is 3.15. The molecule has 0 fully saturated rings. The van der Waals surface area contributed by atoms with Crippen molar-refractivity contribution in [3.8, 4) is 0 Å². The van der Waals surface area contributed by atoms with E-state index in [0.717, 1.165) is 17.1 Å². The standard InChI is InChI=1S/C21H20N4OS/c1-24-20(26)16-10-4-5-11-17(16)25-19(22-23-21(24)25)13-27-18-12-6-8-14-7-2-3-9-15(14)18/h2-5,7,9-11,18H,6,8,12-13H2,1H3. The molecule has 0 bridgehead atoms. The summed E-state index contributed by atoms with van der Waals surface area (Å²) in [5, 5.41) is 9.90. The summed E-state index contributed by atoms with van der Waals surface area (Å²) in [7, 11) is 1.76. The van der Waals surface area contributed by atoms with E-state index in [0.29, 0.717) is 16.4 Å². The molecular weight excluding hydrogens is 356 g/mol. The Labute approximate surface area is 161 Å². The summed E-state index contributed by atoms with van der Waals surface area (Å²) in [5.41, 5.74) is 3.77. The quantitative estimate of drug-likeness (QED) is 0.544. The molecule has 1 aliphatic carbocycles. The number of para-hydroxylation sites is 1. The summed E-state index contributed by atoms with van der Waals surface area (Å²) in [6.07, 6.45) is 3.60. The maximum Gasteiger partial charge on any atom is 0.262 e. The largest absolute Gasteiger partial charge is 0.279 e. The zero-order valence-electron chi connectivity index (χ0n) is 15.1. The number of hydrogen-bond donors (Lipinski definition) is 0. The molecule has 0 saturated carbocycles. The molecule has 0 radical (unpaired) electrons. The summed E-state index contributed by atoms with van der Waals surface area (Å²) in [6.45, 7) is 0. The first-order valence-corrected chi connectivity index (χ1v) is 10.3. The van der Waals surface area contributed by atoms with E-state index in [1.807, 2.05) is 40.4 Å². The summed E-state index contributed by atoms with van der Waals surface area (Å²) in [6, 6.07) is 16.5.